The summed E-state index contributed by atoms with van der Waals surface area (Å²) in [6, 6.07) is 7.93. The number of hydrogen-bond acceptors (Lipinski definition) is 3. The molecule has 0 spiro atoms. The molecule has 1 aliphatic rings. The minimum Gasteiger partial charge on any atom is -0.332 e. The highest BCUT2D eigenvalue weighted by Gasteiger charge is 2.19. The van der Waals surface area contributed by atoms with Gasteiger partial charge in [0.25, 0.3) is 0 Å². The smallest absolute Gasteiger partial charge is 0.245 e. The molecule has 14 heavy (non-hydrogen) atoms. The lowest BCUT2D eigenvalue weighted by Gasteiger charge is -2.10. The van der Waals surface area contributed by atoms with E-state index in [2.05, 4.69) is 4.98 Å². The van der Waals surface area contributed by atoms with Crippen LogP contribution in [0.5, 0.6) is 0 Å². The van der Waals surface area contributed by atoms with Gasteiger partial charge in [-0.15, -0.1) is 0 Å². The minimum atomic E-state index is -0.303. The quantitative estimate of drug-likeness (QED) is 0.684. The number of nitrogens with zero attached hydrogens (tertiary/aromatic N) is 2. The van der Waals surface area contributed by atoms with Gasteiger partial charge in [0.1, 0.15) is 0 Å². The predicted molar refractivity (Wildman–Crippen MR) is 50.7 cm³/mol. The molecule has 4 heteroatoms. The third-order valence-electron chi connectivity index (χ3n) is 2.31. The number of hydrogen-bond donors (Lipinski definition) is 0. The Bertz CT molecular complexity index is 446. The first kappa shape index (κ1) is 7.96. The fraction of sp³-hybridized carbons (Fsp3) is 0.300. The first-order valence-corrected chi connectivity index (χ1v) is 4.60. The first-order valence-electron chi connectivity index (χ1n) is 4.60. The lowest BCUT2D eigenvalue weighted by Crippen LogP contribution is -2.07. The van der Waals surface area contributed by atoms with Crippen LogP contribution >= 0.6 is 0 Å². The number of benzene rings is 1. The van der Waals surface area contributed by atoms with Crippen molar-refractivity contribution in [3.63, 3.8) is 0 Å². The summed E-state index contributed by atoms with van der Waals surface area (Å²) in [7, 11) is 0. The Morgan fingerprint density at radius 3 is 2.86 bits per heavy atom. The number of fused-ring (bicyclic) bond motifs is 1. The number of para-hydroxylation sites is 2. The standard InChI is InChI=1S/C10H10N2O2/c1-2-4-9-8(3-1)11-7-12(9)10-13-5-6-14-10/h1-4,7,10H,5-6H2. The highest BCUT2D eigenvalue weighted by atomic mass is 16.7. The highest BCUT2D eigenvalue weighted by molar-refractivity contribution is 5.74. The zero-order valence-corrected chi connectivity index (χ0v) is 7.59. The molecule has 1 saturated heterocycles. The van der Waals surface area contributed by atoms with E-state index in [9.17, 15) is 0 Å². The van der Waals surface area contributed by atoms with Crippen LogP contribution < -0.4 is 0 Å². The normalized spacial score (nSPS) is 18.0. The molecule has 2 aromatic rings. The molecule has 1 aromatic heterocycles. The van der Waals surface area contributed by atoms with Gasteiger partial charge in [0.2, 0.25) is 6.41 Å². The van der Waals surface area contributed by atoms with Crippen molar-refractivity contribution in [1.82, 2.24) is 9.55 Å². The summed E-state index contributed by atoms with van der Waals surface area (Å²) in [5, 5.41) is 0. The van der Waals surface area contributed by atoms with Crippen LogP contribution in [0.3, 0.4) is 0 Å². The molecule has 0 N–H and O–H groups in total. The SMILES string of the molecule is c1ccc2c(c1)ncn2C1OCCO1. The third-order valence-corrected chi connectivity index (χ3v) is 2.31. The molecule has 1 aromatic carbocycles. The van der Waals surface area contributed by atoms with E-state index in [1.165, 1.54) is 0 Å². The van der Waals surface area contributed by atoms with E-state index in [1.54, 1.807) is 6.33 Å². The molecule has 0 atom stereocenters. The zero-order valence-electron chi connectivity index (χ0n) is 7.59. The van der Waals surface area contributed by atoms with Crippen molar-refractivity contribution >= 4 is 11.0 Å². The van der Waals surface area contributed by atoms with Gasteiger partial charge in [-0.1, -0.05) is 12.1 Å². The average molecular weight is 190 g/mol. The number of aromatic nitrogens is 2. The van der Waals surface area contributed by atoms with Crippen LogP contribution in [0.2, 0.25) is 0 Å². The van der Waals surface area contributed by atoms with Crippen molar-refractivity contribution in [2.24, 2.45) is 0 Å². The van der Waals surface area contributed by atoms with Crippen molar-refractivity contribution in [3.8, 4) is 0 Å². The van der Waals surface area contributed by atoms with E-state index in [1.807, 2.05) is 28.8 Å². The van der Waals surface area contributed by atoms with Crippen molar-refractivity contribution < 1.29 is 9.47 Å². The third kappa shape index (κ3) is 1.12. The summed E-state index contributed by atoms with van der Waals surface area (Å²) < 4.78 is 12.7. The van der Waals surface area contributed by atoms with Crippen LogP contribution in [0.25, 0.3) is 11.0 Å². The molecular weight excluding hydrogens is 180 g/mol. The fourth-order valence-electron chi connectivity index (χ4n) is 1.65. The van der Waals surface area contributed by atoms with E-state index in [0.29, 0.717) is 13.2 Å². The molecule has 4 nitrogen and oxygen atoms in total. The van der Waals surface area contributed by atoms with Gasteiger partial charge in [0.05, 0.1) is 30.6 Å². The molecule has 3 rings (SSSR count). The maximum Gasteiger partial charge on any atom is 0.245 e. The molecule has 0 aliphatic carbocycles. The summed E-state index contributed by atoms with van der Waals surface area (Å²) in [6.07, 6.45) is 1.45. The Labute approximate surface area is 81.1 Å². The second-order valence-corrected chi connectivity index (χ2v) is 3.19. The van der Waals surface area contributed by atoms with Gasteiger partial charge in [-0.2, -0.15) is 0 Å². The van der Waals surface area contributed by atoms with Crippen LogP contribution in [0, 0.1) is 0 Å². The van der Waals surface area contributed by atoms with Gasteiger partial charge in [-0.25, -0.2) is 4.98 Å². The lowest BCUT2D eigenvalue weighted by atomic mass is 10.3. The Morgan fingerprint density at radius 1 is 1.21 bits per heavy atom. The maximum absolute atomic E-state index is 5.41. The molecule has 1 aliphatic heterocycles. The van der Waals surface area contributed by atoms with Gasteiger partial charge in [-0.3, -0.25) is 4.57 Å². The predicted octanol–water partition coefficient (Wildman–Crippen LogP) is 1.54. The monoisotopic (exact) mass is 190 g/mol. The molecule has 0 unspecified atom stereocenters. The second-order valence-electron chi connectivity index (χ2n) is 3.19. The molecule has 1 fully saturated rings. The number of rotatable bonds is 1. The fourth-order valence-corrected chi connectivity index (χ4v) is 1.65. The largest absolute Gasteiger partial charge is 0.332 e. The van der Waals surface area contributed by atoms with Crippen LogP contribution in [0.15, 0.2) is 30.6 Å². The molecule has 0 amide bonds. The van der Waals surface area contributed by atoms with Gasteiger partial charge < -0.3 is 9.47 Å². The van der Waals surface area contributed by atoms with E-state index in [4.69, 9.17) is 9.47 Å². The van der Waals surface area contributed by atoms with E-state index in [-0.39, 0.29) is 6.41 Å². The lowest BCUT2D eigenvalue weighted by molar-refractivity contribution is -0.0981. The minimum absolute atomic E-state index is 0.303. The van der Waals surface area contributed by atoms with Gasteiger partial charge in [-0.05, 0) is 12.1 Å². The van der Waals surface area contributed by atoms with E-state index in [0.717, 1.165) is 11.0 Å². The molecule has 0 radical (unpaired) electrons. The van der Waals surface area contributed by atoms with Crippen LogP contribution in [-0.2, 0) is 9.47 Å². The average Bonchev–Trinajstić information content (AvgIpc) is 2.85. The summed E-state index contributed by atoms with van der Waals surface area (Å²) in [6.45, 7) is 1.30. The second kappa shape index (κ2) is 3.08. The van der Waals surface area contributed by atoms with E-state index >= 15 is 0 Å². The maximum atomic E-state index is 5.41. The van der Waals surface area contributed by atoms with Gasteiger partial charge >= 0.3 is 0 Å². The topological polar surface area (TPSA) is 36.3 Å². The van der Waals surface area contributed by atoms with Crippen molar-refractivity contribution in [3.05, 3.63) is 30.6 Å². The summed E-state index contributed by atoms with van der Waals surface area (Å²) in [5.74, 6) is 0. The first-order chi connectivity index (χ1) is 6.95. The molecule has 2 heterocycles. The zero-order chi connectivity index (χ0) is 9.38. The van der Waals surface area contributed by atoms with Crippen molar-refractivity contribution in [2.45, 2.75) is 6.41 Å². The molecule has 72 valence electrons. The van der Waals surface area contributed by atoms with Crippen LogP contribution in [-0.4, -0.2) is 22.8 Å². The Morgan fingerprint density at radius 2 is 2.00 bits per heavy atom. The van der Waals surface area contributed by atoms with Crippen LogP contribution in [0.4, 0.5) is 0 Å². The highest BCUT2D eigenvalue weighted by Crippen LogP contribution is 2.21. The van der Waals surface area contributed by atoms with Crippen LogP contribution in [0.1, 0.15) is 6.41 Å². The van der Waals surface area contributed by atoms with Gasteiger partial charge in [0, 0.05) is 0 Å². The van der Waals surface area contributed by atoms with Crippen molar-refractivity contribution in [1.29, 1.82) is 0 Å². The molecule has 0 bridgehead atoms. The Kier molecular flexibility index (Phi) is 1.75. The van der Waals surface area contributed by atoms with Crippen molar-refractivity contribution in [2.75, 3.05) is 13.2 Å². The van der Waals surface area contributed by atoms with Gasteiger partial charge in [0.15, 0.2) is 0 Å². The molecule has 0 saturated carbocycles. The Balaban J connectivity index is 2.11. The number of imidazole rings is 1. The number of ether oxygens (including phenoxy) is 2. The summed E-state index contributed by atoms with van der Waals surface area (Å²) >= 11 is 0. The summed E-state index contributed by atoms with van der Waals surface area (Å²) in [5.41, 5.74) is 2.01. The van der Waals surface area contributed by atoms with E-state index < -0.39 is 0 Å². The Hall–Kier alpha value is -1.39. The summed E-state index contributed by atoms with van der Waals surface area (Å²) in [4.78, 5) is 4.27. The molecular formula is C10H10N2O2.